The number of hydrogen-bond acceptors (Lipinski definition) is 4. The second-order valence-electron chi connectivity index (χ2n) is 7.36. The van der Waals surface area contributed by atoms with E-state index in [0.29, 0.717) is 5.56 Å². The molecule has 0 spiro atoms. The predicted molar refractivity (Wildman–Crippen MR) is 107 cm³/mol. The molecule has 0 unspecified atom stereocenters. The van der Waals surface area contributed by atoms with Crippen molar-refractivity contribution in [1.82, 2.24) is 25.4 Å². The first-order valence-corrected chi connectivity index (χ1v) is 9.59. The minimum atomic E-state index is -0.0587. The maximum atomic E-state index is 13.1. The molecule has 2 N–H and O–H groups in total. The molecular formula is C21H25N5O. The van der Waals surface area contributed by atoms with Crippen LogP contribution in [0.15, 0.2) is 42.6 Å². The summed E-state index contributed by atoms with van der Waals surface area (Å²) in [6, 6.07) is 12.2. The van der Waals surface area contributed by atoms with E-state index in [2.05, 4.69) is 29.6 Å². The quantitative estimate of drug-likeness (QED) is 0.747. The first-order chi connectivity index (χ1) is 13.1. The Kier molecular flexibility index (Phi) is 4.90. The smallest absolute Gasteiger partial charge is 0.252 e. The van der Waals surface area contributed by atoms with E-state index in [1.54, 1.807) is 6.20 Å². The van der Waals surface area contributed by atoms with Gasteiger partial charge in [-0.1, -0.05) is 30.3 Å². The Balaban J connectivity index is 1.79. The average molecular weight is 363 g/mol. The minimum absolute atomic E-state index is 0.0587. The largest absolute Gasteiger partial charge is 0.348 e. The molecule has 1 atom stereocenters. The molecule has 1 aromatic carbocycles. The fourth-order valence-corrected chi connectivity index (χ4v) is 3.58. The van der Waals surface area contributed by atoms with Gasteiger partial charge >= 0.3 is 0 Å². The van der Waals surface area contributed by atoms with Crippen molar-refractivity contribution in [2.24, 2.45) is 0 Å². The van der Waals surface area contributed by atoms with E-state index in [1.165, 1.54) is 0 Å². The molecule has 6 heteroatoms. The lowest BCUT2D eigenvalue weighted by atomic mass is 10.0. The van der Waals surface area contributed by atoms with Crippen molar-refractivity contribution in [3.63, 3.8) is 0 Å². The zero-order valence-electron chi connectivity index (χ0n) is 15.8. The van der Waals surface area contributed by atoms with Crippen LogP contribution in [0.3, 0.4) is 0 Å². The highest BCUT2D eigenvalue weighted by atomic mass is 16.1. The number of pyridine rings is 1. The van der Waals surface area contributed by atoms with Crippen LogP contribution in [0.4, 0.5) is 0 Å². The molecule has 6 nitrogen and oxygen atoms in total. The molecule has 0 saturated carbocycles. The van der Waals surface area contributed by atoms with Crippen LogP contribution in [0.2, 0.25) is 0 Å². The topological polar surface area (TPSA) is 71.8 Å². The van der Waals surface area contributed by atoms with E-state index >= 15 is 0 Å². The highest BCUT2D eigenvalue weighted by molar-refractivity contribution is 6.06. The lowest BCUT2D eigenvalue weighted by Crippen LogP contribution is -2.45. The van der Waals surface area contributed by atoms with Crippen molar-refractivity contribution < 1.29 is 4.79 Å². The van der Waals surface area contributed by atoms with Crippen LogP contribution in [0.25, 0.3) is 22.3 Å². The third-order valence-corrected chi connectivity index (χ3v) is 5.00. The van der Waals surface area contributed by atoms with Gasteiger partial charge in [-0.25, -0.2) is 9.67 Å². The second kappa shape index (κ2) is 7.48. The van der Waals surface area contributed by atoms with Gasteiger partial charge in [-0.15, -0.1) is 0 Å². The summed E-state index contributed by atoms with van der Waals surface area (Å²) >= 11 is 0. The van der Waals surface area contributed by atoms with Gasteiger partial charge < -0.3 is 10.6 Å². The van der Waals surface area contributed by atoms with Crippen molar-refractivity contribution >= 4 is 16.9 Å². The van der Waals surface area contributed by atoms with Crippen LogP contribution in [-0.2, 0) is 0 Å². The lowest BCUT2D eigenvalue weighted by molar-refractivity contribution is 0.0932. The van der Waals surface area contributed by atoms with E-state index in [1.807, 2.05) is 41.1 Å². The first-order valence-electron chi connectivity index (χ1n) is 9.59. The molecule has 1 aliphatic rings. The summed E-state index contributed by atoms with van der Waals surface area (Å²) in [5.74, 6) is -0.0587. The molecule has 0 bridgehead atoms. The van der Waals surface area contributed by atoms with Crippen LogP contribution in [0.1, 0.15) is 43.1 Å². The number of nitrogens with zero attached hydrogens (tertiary/aromatic N) is 3. The zero-order valence-corrected chi connectivity index (χ0v) is 15.8. The Morgan fingerprint density at radius 2 is 2.11 bits per heavy atom. The molecule has 27 heavy (non-hydrogen) atoms. The average Bonchev–Trinajstić information content (AvgIpc) is 3.13. The van der Waals surface area contributed by atoms with E-state index in [-0.39, 0.29) is 18.0 Å². The molecule has 3 aromatic rings. The van der Waals surface area contributed by atoms with Crippen LogP contribution < -0.4 is 10.6 Å². The number of aromatic nitrogens is 3. The van der Waals surface area contributed by atoms with Gasteiger partial charge in [0.1, 0.15) is 0 Å². The summed E-state index contributed by atoms with van der Waals surface area (Å²) in [7, 11) is 0. The number of piperidine rings is 1. The first kappa shape index (κ1) is 17.7. The number of nitrogens with one attached hydrogen (secondary N) is 2. The summed E-state index contributed by atoms with van der Waals surface area (Å²) in [6.07, 6.45) is 3.84. The highest BCUT2D eigenvalue weighted by Gasteiger charge is 2.21. The molecule has 1 fully saturated rings. The number of rotatable bonds is 4. The third-order valence-electron chi connectivity index (χ3n) is 5.00. The molecule has 3 heterocycles. The summed E-state index contributed by atoms with van der Waals surface area (Å²) in [6.45, 7) is 5.97. The standard InChI is InChI=1S/C21H25N5O/c1-14(2)26-20-18(13-23-26)17(21(27)24-16-9-6-10-22-12-16)11-19(25-20)15-7-4-3-5-8-15/h3-5,7-8,11,13-14,16,22H,6,9-10,12H2,1-2H3,(H,24,27)/t16-/m0/s1. The van der Waals surface area contributed by atoms with Gasteiger partial charge in [-0.2, -0.15) is 5.10 Å². The van der Waals surface area contributed by atoms with Gasteiger partial charge in [0, 0.05) is 24.2 Å². The summed E-state index contributed by atoms with van der Waals surface area (Å²) < 4.78 is 1.88. The normalized spacial score (nSPS) is 17.4. The maximum Gasteiger partial charge on any atom is 0.252 e. The fraction of sp³-hybridized carbons (Fsp3) is 0.381. The van der Waals surface area contributed by atoms with Gasteiger partial charge in [0.25, 0.3) is 5.91 Å². The number of hydrogen-bond donors (Lipinski definition) is 2. The SMILES string of the molecule is CC(C)n1ncc2c(C(=O)N[C@H]3CCCNC3)cc(-c3ccccc3)nc21. The molecule has 2 aromatic heterocycles. The molecule has 140 valence electrons. The maximum absolute atomic E-state index is 13.1. The van der Waals surface area contributed by atoms with Gasteiger partial charge in [-0.3, -0.25) is 4.79 Å². The number of carbonyl (C=O) groups is 1. The minimum Gasteiger partial charge on any atom is -0.348 e. The number of carbonyl (C=O) groups excluding carboxylic acids is 1. The lowest BCUT2D eigenvalue weighted by Gasteiger charge is -2.24. The number of benzene rings is 1. The molecular weight excluding hydrogens is 338 g/mol. The van der Waals surface area contributed by atoms with E-state index in [4.69, 9.17) is 4.98 Å². The number of amides is 1. The monoisotopic (exact) mass is 363 g/mol. The predicted octanol–water partition coefficient (Wildman–Crippen LogP) is 3.16. The van der Waals surface area contributed by atoms with Crippen molar-refractivity contribution in [1.29, 1.82) is 0 Å². The van der Waals surface area contributed by atoms with Crippen LogP contribution >= 0.6 is 0 Å². The molecule has 4 rings (SSSR count). The van der Waals surface area contributed by atoms with Gasteiger partial charge in [0.15, 0.2) is 5.65 Å². The Bertz CT molecular complexity index is 942. The summed E-state index contributed by atoms with van der Waals surface area (Å²) in [5.41, 5.74) is 3.16. The van der Waals surface area contributed by atoms with Crippen molar-refractivity contribution in [2.45, 2.75) is 38.8 Å². The van der Waals surface area contributed by atoms with Crippen LogP contribution in [0, 0.1) is 0 Å². The van der Waals surface area contributed by atoms with Crippen molar-refractivity contribution in [3.05, 3.63) is 48.2 Å². The molecule has 1 amide bonds. The molecule has 0 aliphatic carbocycles. The highest BCUT2D eigenvalue weighted by Crippen LogP contribution is 2.26. The Morgan fingerprint density at radius 3 is 2.81 bits per heavy atom. The van der Waals surface area contributed by atoms with Crippen LogP contribution in [0.5, 0.6) is 0 Å². The van der Waals surface area contributed by atoms with Gasteiger partial charge in [0.2, 0.25) is 0 Å². The summed E-state index contributed by atoms with van der Waals surface area (Å²) in [4.78, 5) is 17.9. The van der Waals surface area contributed by atoms with E-state index in [0.717, 1.165) is 48.2 Å². The van der Waals surface area contributed by atoms with Crippen LogP contribution in [-0.4, -0.2) is 39.8 Å². The Labute approximate surface area is 159 Å². The fourth-order valence-electron chi connectivity index (χ4n) is 3.58. The van der Waals surface area contributed by atoms with Crippen molar-refractivity contribution in [3.8, 4) is 11.3 Å². The Hall–Kier alpha value is -2.73. The summed E-state index contributed by atoms with van der Waals surface area (Å²) in [5, 5.41) is 11.8. The Morgan fingerprint density at radius 1 is 1.30 bits per heavy atom. The second-order valence-corrected chi connectivity index (χ2v) is 7.36. The van der Waals surface area contributed by atoms with Gasteiger partial charge in [-0.05, 0) is 39.3 Å². The molecule has 1 saturated heterocycles. The zero-order chi connectivity index (χ0) is 18.8. The molecule has 1 aliphatic heterocycles. The van der Waals surface area contributed by atoms with E-state index in [9.17, 15) is 4.79 Å². The van der Waals surface area contributed by atoms with Crippen molar-refractivity contribution in [2.75, 3.05) is 13.1 Å². The molecule has 0 radical (unpaired) electrons. The van der Waals surface area contributed by atoms with Gasteiger partial charge in [0.05, 0.1) is 22.8 Å². The number of fused-ring (bicyclic) bond motifs is 1. The third kappa shape index (κ3) is 3.57. The van der Waals surface area contributed by atoms with E-state index < -0.39 is 0 Å².